The van der Waals surface area contributed by atoms with Crippen LogP contribution in [0.1, 0.15) is 28.4 Å². The van der Waals surface area contributed by atoms with Crippen LogP contribution in [0.25, 0.3) is 0 Å². The third kappa shape index (κ3) is 4.60. The summed E-state index contributed by atoms with van der Waals surface area (Å²) in [5.41, 5.74) is 1.58. The van der Waals surface area contributed by atoms with Crippen LogP contribution in [0.4, 0.5) is 5.69 Å². The van der Waals surface area contributed by atoms with E-state index < -0.39 is 15.9 Å². The van der Waals surface area contributed by atoms with E-state index in [4.69, 9.17) is 21.6 Å². The summed E-state index contributed by atoms with van der Waals surface area (Å²) in [5.74, 6) is -0.466. The Bertz CT molecular complexity index is 1070. The fraction of sp³-hybridized carbons (Fsp3) is 0.300. The zero-order valence-electron chi connectivity index (χ0n) is 15.8. The monoisotopic (exact) mass is 433 g/mol. The SMILES string of the molecule is CCc1ccc(C(=O)Nc2ccc(C#N)c(Cl)c2)cc1S(=O)(=O)N1CCOCC1. The number of nitrogens with zero attached hydrogens (tertiary/aromatic N) is 2. The standard InChI is InChI=1S/C20H20ClN3O4S/c1-2-14-3-4-15(11-19(14)29(26,27)24-7-9-28-10-8-24)20(25)23-17-6-5-16(13-22)18(21)12-17/h3-6,11-12H,2,7-10H2,1H3,(H,23,25). The first-order valence-corrected chi connectivity index (χ1v) is 10.9. The molecular formula is C20H20ClN3O4S. The van der Waals surface area contributed by atoms with Gasteiger partial charge in [0, 0.05) is 24.3 Å². The van der Waals surface area contributed by atoms with Crippen LogP contribution in [0.2, 0.25) is 5.02 Å². The van der Waals surface area contributed by atoms with Crippen LogP contribution in [0.5, 0.6) is 0 Å². The molecule has 2 aromatic carbocycles. The molecule has 7 nitrogen and oxygen atoms in total. The molecule has 1 heterocycles. The molecule has 0 unspecified atom stereocenters. The second kappa shape index (κ2) is 8.93. The molecule has 1 amide bonds. The third-order valence-corrected chi connectivity index (χ3v) is 6.94. The highest BCUT2D eigenvalue weighted by Gasteiger charge is 2.29. The second-order valence-corrected chi connectivity index (χ2v) is 8.77. The summed E-state index contributed by atoms with van der Waals surface area (Å²) in [6.07, 6.45) is 0.520. The first-order chi connectivity index (χ1) is 13.9. The fourth-order valence-corrected chi connectivity index (χ4v) is 4.99. The Morgan fingerprint density at radius 1 is 1.24 bits per heavy atom. The fourth-order valence-electron chi connectivity index (χ4n) is 3.04. The average Bonchev–Trinajstić information content (AvgIpc) is 2.74. The highest BCUT2D eigenvalue weighted by molar-refractivity contribution is 7.89. The van der Waals surface area contributed by atoms with E-state index in [9.17, 15) is 13.2 Å². The third-order valence-electron chi connectivity index (χ3n) is 4.65. The first kappa shape index (κ1) is 21.3. The number of hydrogen-bond acceptors (Lipinski definition) is 5. The van der Waals surface area contributed by atoms with Crippen molar-refractivity contribution in [2.24, 2.45) is 0 Å². The molecule has 1 N–H and O–H groups in total. The molecular weight excluding hydrogens is 414 g/mol. The minimum absolute atomic E-state index is 0.132. The average molecular weight is 434 g/mol. The molecule has 0 bridgehead atoms. The van der Waals surface area contributed by atoms with Crippen LogP contribution in [-0.4, -0.2) is 44.9 Å². The predicted molar refractivity (Wildman–Crippen MR) is 110 cm³/mol. The molecule has 0 saturated carbocycles. The van der Waals surface area contributed by atoms with Crippen molar-refractivity contribution in [2.45, 2.75) is 18.2 Å². The highest BCUT2D eigenvalue weighted by atomic mass is 35.5. The van der Waals surface area contributed by atoms with Gasteiger partial charge in [0.15, 0.2) is 0 Å². The van der Waals surface area contributed by atoms with Gasteiger partial charge in [-0.3, -0.25) is 4.79 Å². The van der Waals surface area contributed by atoms with Crippen molar-refractivity contribution in [3.63, 3.8) is 0 Å². The van der Waals surface area contributed by atoms with Crippen LogP contribution in [0, 0.1) is 11.3 Å². The summed E-state index contributed by atoms with van der Waals surface area (Å²) in [6.45, 7) is 3.13. The topological polar surface area (TPSA) is 99.5 Å². The number of nitriles is 1. The van der Waals surface area contributed by atoms with E-state index in [0.717, 1.165) is 0 Å². The Kier molecular flexibility index (Phi) is 6.55. The summed E-state index contributed by atoms with van der Waals surface area (Å²) >= 11 is 6.00. The maximum atomic E-state index is 13.1. The minimum atomic E-state index is -3.73. The van der Waals surface area contributed by atoms with Crippen molar-refractivity contribution in [1.29, 1.82) is 5.26 Å². The summed E-state index contributed by atoms with van der Waals surface area (Å²) in [5, 5.41) is 11.9. The Balaban J connectivity index is 1.90. The lowest BCUT2D eigenvalue weighted by molar-refractivity contribution is 0.0730. The van der Waals surface area contributed by atoms with Gasteiger partial charge in [-0.25, -0.2) is 8.42 Å². The predicted octanol–water partition coefficient (Wildman–Crippen LogP) is 3.05. The van der Waals surface area contributed by atoms with E-state index in [0.29, 0.717) is 36.4 Å². The molecule has 0 aromatic heterocycles. The number of carbonyl (C=O) groups is 1. The van der Waals surface area contributed by atoms with Gasteiger partial charge in [-0.05, 0) is 42.3 Å². The van der Waals surface area contributed by atoms with Gasteiger partial charge in [-0.2, -0.15) is 9.57 Å². The van der Waals surface area contributed by atoms with Crippen LogP contribution >= 0.6 is 11.6 Å². The van der Waals surface area contributed by atoms with Crippen LogP contribution in [-0.2, 0) is 21.2 Å². The molecule has 2 aromatic rings. The van der Waals surface area contributed by atoms with Gasteiger partial charge in [0.05, 0.1) is 28.7 Å². The molecule has 3 rings (SSSR count). The lowest BCUT2D eigenvalue weighted by Crippen LogP contribution is -2.41. The Morgan fingerprint density at radius 3 is 2.59 bits per heavy atom. The number of rotatable bonds is 5. The van der Waals surface area contributed by atoms with Gasteiger partial charge in [0.25, 0.3) is 5.91 Å². The maximum Gasteiger partial charge on any atom is 0.255 e. The molecule has 152 valence electrons. The number of halogens is 1. The Hall–Kier alpha value is -2.44. The van der Waals surface area contributed by atoms with Gasteiger partial charge in [-0.15, -0.1) is 0 Å². The number of ether oxygens (including phenoxy) is 1. The molecule has 0 spiro atoms. The maximum absolute atomic E-state index is 13.1. The summed E-state index contributed by atoms with van der Waals surface area (Å²) in [4.78, 5) is 12.8. The molecule has 0 aliphatic carbocycles. The second-order valence-electron chi connectivity index (χ2n) is 6.45. The van der Waals surface area contributed by atoms with Crippen molar-refractivity contribution in [2.75, 3.05) is 31.6 Å². The summed E-state index contributed by atoms with van der Waals surface area (Å²) < 4.78 is 32.8. The molecule has 0 radical (unpaired) electrons. The lowest BCUT2D eigenvalue weighted by atomic mass is 10.1. The number of carbonyl (C=O) groups excluding carboxylic acids is 1. The number of amides is 1. The number of anilines is 1. The van der Waals surface area contributed by atoms with E-state index in [2.05, 4.69) is 5.32 Å². The largest absolute Gasteiger partial charge is 0.379 e. The molecule has 1 fully saturated rings. The highest BCUT2D eigenvalue weighted by Crippen LogP contribution is 2.25. The van der Waals surface area contributed by atoms with E-state index >= 15 is 0 Å². The Morgan fingerprint density at radius 2 is 1.97 bits per heavy atom. The van der Waals surface area contributed by atoms with Crippen LogP contribution in [0.3, 0.4) is 0 Å². The number of sulfonamides is 1. The Labute approximate surface area is 174 Å². The number of benzene rings is 2. The molecule has 1 saturated heterocycles. The quantitative estimate of drug-likeness (QED) is 0.781. The van der Waals surface area contributed by atoms with Gasteiger partial charge < -0.3 is 10.1 Å². The van der Waals surface area contributed by atoms with Crippen molar-refractivity contribution < 1.29 is 17.9 Å². The summed E-state index contributed by atoms with van der Waals surface area (Å²) in [7, 11) is -3.73. The van der Waals surface area contributed by atoms with E-state index in [1.165, 1.54) is 22.5 Å². The molecule has 1 aliphatic rings. The van der Waals surface area contributed by atoms with Crippen molar-refractivity contribution in [3.8, 4) is 6.07 Å². The number of morpholine rings is 1. The number of hydrogen-bond donors (Lipinski definition) is 1. The number of aryl methyl sites for hydroxylation is 1. The summed E-state index contributed by atoms with van der Waals surface area (Å²) in [6, 6.07) is 11.2. The first-order valence-electron chi connectivity index (χ1n) is 9.08. The van der Waals surface area contributed by atoms with Crippen molar-refractivity contribution in [3.05, 3.63) is 58.1 Å². The van der Waals surface area contributed by atoms with E-state index in [1.807, 2.05) is 13.0 Å². The van der Waals surface area contributed by atoms with Crippen molar-refractivity contribution in [1.82, 2.24) is 4.31 Å². The molecule has 29 heavy (non-hydrogen) atoms. The molecule has 1 aliphatic heterocycles. The van der Waals surface area contributed by atoms with E-state index in [1.54, 1.807) is 18.2 Å². The number of nitrogens with one attached hydrogen (secondary N) is 1. The molecule has 9 heteroatoms. The zero-order valence-corrected chi connectivity index (χ0v) is 17.4. The lowest BCUT2D eigenvalue weighted by Gasteiger charge is -2.27. The minimum Gasteiger partial charge on any atom is -0.379 e. The van der Waals surface area contributed by atoms with Crippen LogP contribution < -0.4 is 5.32 Å². The van der Waals surface area contributed by atoms with Crippen molar-refractivity contribution >= 4 is 33.2 Å². The van der Waals surface area contributed by atoms with Gasteiger partial charge in [0.1, 0.15) is 6.07 Å². The van der Waals surface area contributed by atoms with Gasteiger partial charge in [0.2, 0.25) is 10.0 Å². The van der Waals surface area contributed by atoms with Gasteiger partial charge >= 0.3 is 0 Å². The van der Waals surface area contributed by atoms with Gasteiger partial charge in [-0.1, -0.05) is 24.6 Å². The molecule has 0 atom stereocenters. The van der Waals surface area contributed by atoms with E-state index in [-0.39, 0.29) is 28.6 Å². The normalized spacial score (nSPS) is 14.9. The smallest absolute Gasteiger partial charge is 0.255 e. The zero-order chi connectivity index (χ0) is 21.0. The van der Waals surface area contributed by atoms with Crippen LogP contribution in [0.15, 0.2) is 41.3 Å².